The van der Waals surface area contributed by atoms with E-state index in [0.717, 1.165) is 45.8 Å². The summed E-state index contributed by atoms with van der Waals surface area (Å²) < 4.78 is 11.4. The number of ether oxygens (including phenoxy) is 2. The van der Waals surface area contributed by atoms with Gasteiger partial charge in [0.05, 0.1) is 12.7 Å². The zero-order chi connectivity index (χ0) is 14.3. The molecule has 0 amide bonds. The maximum absolute atomic E-state index is 6.03. The molecule has 20 heavy (non-hydrogen) atoms. The number of rotatable bonds is 7. The van der Waals surface area contributed by atoms with Crippen LogP contribution in [0.2, 0.25) is 0 Å². The van der Waals surface area contributed by atoms with E-state index in [1.807, 2.05) is 0 Å². The van der Waals surface area contributed by atoms with Gasteiger partial charge >= 0.3 is 0 Å². The Morgan fingerprint density at radius 1 is 1.20 bits per heavy atom. The summed E-state index contributed by atoms with van der Waals surface area (Å²) >= 11 is 0. The molecule has 3 heteroatoms. The Bertz CT molecular complexity index is 372. The van der Waals surface area contributed by atoms with Crippen molar-refractivity contribution >= 4 is 0 Å². The van der Waals surface area contributed by atoms with E-state index in [0.29, 0.717) is 6.10 Å². The minimum Gasteiger partial charge on any atom is -0.381 e. The van der Waals surface area contributed by atoms with Crippen LogP contribution in [0.1, 0.15) is 32.3 Å². The van der Waals surface area contributed by atoms with Crippen molar-refractivity contribution in [3.05, 3.63) is 35.9 Å². The lowest BCUT2D eigenvalue weighted by molar-refractivity contribution is -0.0555. The van der Waals surface area contributed by atoms with Gasteiger partial charge in [-0.25, -0.2) is 0 Å². The van der Waals surface area contributed by atoms with Gasteiger partial charge in [0.25, 0.3) is 0 Å². The van der Waals surface area contributed by atoms with Crippen LogP contribution in [0.5, 0.6) is 0 Å². The summed E-state index contributed by atoms with van der Waals surface area (Å²) in [5, 5.41) is 3.52. The van der Waals surface area contributed by atoms with Gasteiger partial charge in [-0.3, -0.25) is 0 Å². The van der Waals surface area contributed by atoms with Crippen molar-refractivity contribution in [1.29, 1.82) is 0 Å². The summed E-state index contributed by atoms with van der Waals surface area (Å²) in [5.41, 5.74) is 1.49. The van der Waals surface area contributed by atoms with Gasteiger partial charge in [0, 0.05) is 31.7 Å². The number of hydrogen-bond acceptors (Lipinski definition) is 3. The summed E-state index contributed by atoms with van der Waals surface area (Å²) in [6.45, 7) is 8.88. The highest BCUT2D eigenvalue weighted by atomic mass is 16.5. The molecule has 0 spiro atoms. The van der Waals surface area contributed by atoms with E-state index in [1.54, 1.807) is 0 Å². The SMILES string of the molecule is CC(C)(CNCc1ccccc1)COC1CCOCC1. The summed E-state index contributed by atoms with van der Waals surface area (Å²) in [5.74, 6) is 0. The van der Waals surface area contributed by atoms with Crippen LogP contribution < -0.4 is 5.32 Å². The molecular weight excluding hydrogens is 250 g/mol. The minimum absolute atomic E-state index is 0.160. The van der Waals surface area contributed by atoms with E-state index < -0.39 is 0 Å². The molecule has 1 fully saturated rings. The molecule has 1 aromatic rings. The molecule has 1 heterocycles. The van der Waals surface area contributed by atoms with Crippen LogP contribution in [-0.4, -0.2) is 32.5 Å². The van der Waals surface area contributed by atoms with Crippen molar-refractivity contribution in [3.63, 3.8) is 0 Å². The Balaban J connectivity index is 1.65. The first-order chi connectivity index (χ1) is 9.66. The molecule has 3 nitrogen and oxygen atoms in total. The maximum atomic E-state index is 6.03. The maximum Gasteiger partial charge on any atom is 0.0619 e. The molecule has 1 aliphatic rings. The standard InChI is InChI=1S/C17H27NO2/c1-17(2,14-20-16-8-10-19-11-9-16)13-18-12-15-6-4-3-5-7-15/h3-7,16,18H,8-14H2,1-2H3. The molecule has 0 atom stereocenters. The van der Waals surface area contributed by atoms with Gasteiger partial charge < -0.3 is 14.8 Å². The second-order valence-electron chi connectivity index (χ2n) is 6.38. The minimum atomic E-state index is 0.160. The molecule has 1 N–H and O–H groups in total. The number of nitrogens with one attached hydrogen (secondary N) is 1. The van der Waals surface area contributed by atoms with Gasteiger partial charge in [0.1, 0.15) is 0 Å². The molecule has 0 radical (unpaired) electrons. The van der Waals surface area contributed by atoms with E-state index in [2.05, 4.69) is 49.5 Å². The lowest BCUT2D eigenvalue weighted by Crippen LogP contribution is -2.35. The third-order valence-electron chi connectivity index (χ3n) is 3.65. The van der Waals surface area contributed by atoms with Crippen LogP contribution in [0, 0.1) is 5.41 Å². The molecule has 0 unspecified atom stereocenters. The van der Waals surface area contributed by atoms with Crippen molar-refractivity contribution < 1.29 is 9.47 Å². The van der Waals surface area contributed by atoms with E-state index in [9.17, 15) is 0 Å². The van der Waals surface area contributed by atoms with Crippen molar-refractivity contribution in [2.24, 2.45) is 5.41 Å². The third-order valence-corrected chi connectivity index (χ3v) is 3.65. The average Bonchev–Trinajstić information content (AvgIpc) is 2.47. The predicted molar refractivity (Wildman–Crippen MR) is 81.7 cm³/mol. The van der Waals surface area contributed by atoms with Crippen molar-refractivity contribution in [1.82, 2.24) is 5.32 Å². The van der Waals surface area contributed by atoms with Crippen molar-refractivity contribution in [2.75, 3.05) is 26.4 Å². The lowest BCUT2D eigenvalue weighted by Gasteiger charge is -2.29. The van der Waals surface area contributed by atoms with Crippen LogP contribution >= 0.6 is 0 Å². The second kappa shape index (κ2) is 7.77. The van der Waals surface area contributed by atoms with E-state index >= 15 is 0 Å². The molecule has 0 aliphatic carbocycles. The van der Waals surface area contributed by atoms with Gasteiger partial charge in [-0.2, -0.15) is 0 Å². The summed E-state index contributed by atoms with van der Waals surface area (Å²) in [4.78, 5) is 0. The first-order valence-corrected chi connectivity index (χ1v) is 7.60. The highest BCUT2D eigenvalue weighted by molar-refractivity contribution is 5.14. The molecular formula is C17H27NO2. The Kier molecular flexibility index (Phi) is 6.02. The largest absolute Gasteiger partial charge is 0.381 e. The predicted octanol–water partition coefficient (Wildman–Crippen LogP) is 3.00. The van der Waals surface area contributed by atoms with Crippen LogP contribution in [0.3, 0.4) is 0 Å². The highest BCUT2D eigenvalue weighted by Crippen LogP contribution is 2.18. The van der Waals surface area contributed by atoms with E-state index in [4.69, 9.17) is 9.47 Å². The fraction of sp³-hybridized carbons (Fsp3) is 0.647. The zero-order valence-corrected chi connectivity index (χ0v) is 12.7. The highest BCUT2D eigenvalue weighted by Gasteiger charge is 2.21. The van der Waals surface area contributed by atoms with Crippen LogP contribution in [0.15, 0.2) is 30.3 Å². The fourth-order valence-corrected chi connectivity index (χ4v) is 2.38. The quantitative estimate of drug-likeness (QED) is 0.831. The molecule has 1 aromatic carbocycles. The van der Waals surface area contributed by atoms with Gasteiger partial charge in [-0.1, -0.05) is 44.2 Å². The first kappa shape index (κ1) is 15.5. The second-order valence-corrected chi connectivity index (χ2v) is 6.38. The zero-order valence-electron chi connectivity index (χ0n) is 12.7. The molecule has 0 saturated carbocycles. The van der Waals surface area contributed by atoms with Crippen LogP contribution in [-0.2, 0) is 16.0 Å². The topological polar surface area (TPSA) is 30.5 Å². The van der Waals surface area contributed by atoms with E-state index in [1.165, 1.54) is 5.56 Å². The molecule has 112 valence electrons. The number of benzene rings is 1. The smallest absolute Gasteiger partial charge is 0.0619 e. The molecule has 0 aromatic heterocycles. The average molecular weight is 277 g/mol. The Morgan fingerprint density at radius 2 is 1.90 bits per heavy atom. The fourth-order valence-electron chi connectivity index (χ4n) is 2.38. The van der Waals surface area contributed by atoms with E-state index in [-0.39, 0.29) is 5.41 Å². The van der Waals surface area contributed by atoms with Crippen molar-refractivity contribution in [3.8, 4) is 0 Å². The van der Waals surface area contributed by atoms with Gasteiger partial charge in [-0.15, -0.1) is 0 Å². The molecule has 1 saturated heterocycles. The molecule has 1 aliphatic heterocycles. The molecule has 2 rings (SSSR count). The summed E-state index contributed by atoms with van der Waals surface area (Å²) in [6, 6.07) is 10.5. The van der Waals surface area contributed by atoms with Crippen molar-refractivity contribution in [2.45, 2.75) is 39.3 Å². The lowest BCUT2D eigenvalue weighted by atomic mass is 9.94. The Hall–Kier alpha value is -0.900. The van der Waals surface area contributed by atoms with Gasteiger partial charge in [0.15, 0.2) is 0 Å². The van der Waals surface area contributed by atoms with Gasteiger partial charge in [-0.05, 0) is 18.4 Å². The molecule has 0 bridgehead atoms. The Morgan fingerprint density at radius 3 is 2.60 bits per heavy atom. The third kappa shape index (κ3) is 5.61. The normalized spacial score (nSPS) is 17.3. The first-order valence-electron chi connectivity index (χ1n) is 7.60. The van der Waals surface area contributed by atoms with Gasteiger partial charge in [0.2, 0.25) is 0 Å². The number of hydrogen-bond donors (Lipinski definition) is 1. The van der Waals surface area contributed by atoms with Crippen LogP contribution in [0.4, 0.5) is 0 Å². The summed E-state index contributed by atoms with van der Waals surface area (Å²) in [7, 11) is 0. The summed E-state index contributed by atoms with van der Waals surface area (Å²) in [6.07, 6.45) is 2.46. The van der Waals surface area contributed by atoms with Crippen LogP contribution in [0.25, 0.3) is 0 Å². The Labute approximate surface area is 122 Å². The monoisotopic (exact) mass is 277 g/mol.